The predicted molar refractivity (Wildman–Crippen MR) is 193 cm³/mol. The first-order chi connectivity index (χ1) is 30.7. The Morgan fingerprint density at radius 3 is 1.80 bits per heavy atom. The van der Waals surface area contributed by atoms with Crippen molar-refractivity contribution in [2.75, 3.05) is 0 Å². The van der Waals surface area contributed by atoms with Gasteiger partial charge in [0.2, 0.25) is 0 Å². The van der Waals surface area contributed by atoms with Crippen LogP contribution in [0.2, 0.25) is 0 Å². The van der Waals surface area contributed by atoms with Gasteiger partial charge in [-0.2, -0.15) is 0 Å². The van der Waals surface area contributed by atoms with Crippen molar-refractivity contribution >= 4 is 75.1 Å². The number of aromatic nitrogens is 2. The van der Waals surface area contributed by atoms with E-state index >= 15 is 0 Å². The van der Waals surface area contributed by atoms with Crippen molar-refractivity contribution in [3.8, 4) is 22.5 Å². The quantitative estimate of drug-likeness (QED) is 0.188. The van der Waals surface area contributed by atoms with Crippen LogP contribution in [0.3, 0.4) is 0 Å². The zero-order valence-electron chi connectivity index (χ0n) is 42.8. The summed E-state index contributed by atoms with van der Waals surface area (Å²) in [5.74, 6) is 0. The minimum absolute atomic E-state index is 0.00339. The van der Waals surface area contributed by atoms with Gasteiger partial charge in [0.15, 0.2) is 0 Å². The lowest BCUT2D eigenvalue weighted by Crippen LogP contribution is -1.99. The molecule has 0 aliphatic carbocycles. The number of nitrogens with zero attached hydrogens (tertiary/aromatic N) is 2. The number of benzene rings is 7. The molecule has 0 radical (unpaired) electrons. The van der Waals surface area contributed by atoms with Gasteiger partial charge in [-0.1, -0.05) is 109 Å². The molecule has 0 fully saturated rings. The highest BCUT2D eigenvalue weighted by molar-refractivity contribution is 7.25. The minimum atomic E-state index is -0.813. The molecule has 10 aromatic rings. The average molecular weight is 611 g/mol. The molecule has 0 aliphatic heterocycles. The Labute approximate surface area is 291 Å². The molecule has 0 spiro atoms. The van der Waals surface area contributed by atoms with E-state index < -0.39 is 138 Å². The van der Waals surface area contributed by atoms with Gasteiger partial charge in [0.25, 0.3) is 0 Å². The van der Waals surface area contributed by atoms with E-state index in [1.807, 2.05) is 6.07 Å². The van der Waals surface area contributed by atoms with Crippen LogP contribution in [-0.2, 0) is 0 Å². The summed E-state index contributed by atoms with van der Waals surface area (Å²) in [6.07, 6.45) is 0. The fourth-order valence-electron chi connectivity index (χ4n) is 6.10. The molecule has 3 heteroatoms. The van der Waals surface area contributed by atoms with E-state index in [0.717, 1.165) is 9.27 Å². The Hall–Kier alpha value is -5.64. The molecule has 2 nitrogen and oxygen atoms in total. The first-order valence-corrected chi connectivity index (χ1v) is 14.6. The molecule has 7 aromatic carbocycles. The monoisotopic (exact) mass is 610 g/mol. The van der Waals surface area contributed by atoms with E-state index in [1.54, 1.807) is 24.3 Å². The Bertz CT molecular complexity index is 3800. The SMILES string of the molecule is [2H]c1c([2H])c([2H])c(-c2ccc3sc4ccccc4c3c2-n2c3c([2H])c([2H])c([2H])c([2H])c3c3c([2H])c(-n4c5c([2H])c([2H])c([2H])c([2H])c5c5c([2H])c([2H])c([2H])c([2H])c54)c([2H])c([2H])c32)c([2H])c1[2H]. The molecule has 0 N–H and O–H groups in total. The van der Waals surface area contributed by atoms with E-state index in [2.05, 4.69) is 0 Å². The maximum absolute atomic E-state index is 10.0. The van der Waals surface area contributed by atoms with Crippen LogP contribution in [-0.4, -0.2) is 9.13 Å². The Kier molecular flexibility index (Phi) is 2.60. The van der Waals surface area contributed by atoms with Gasteiger partial charge in [-0.3, -0.25) is 0 Å². The van der Waals surface area contributed by atoms with Gasteiger partial charge < -0.3 is 9.13 Å². The summed E-state index contributed by atoms with van der Waals surface area (Å²) in [5.41, 5.74) is -2.44. The molecular formula is C42H26N2S. The van der Waals surface area contributed by atoms with Crippen LogP contribution in [0.1, 0.15) is 27.4 Å². The third-order valence-electron chi connectivity index (χ3n) is 7.91. The van der Waals surface area contributed by atoms with E-state index in [1.165, 1.54) is 22.0 Å². The molecule has 10 rings (SSSR count). The van der Waals surface area contributed by atoms with E-state index in [-0.39, 0.29) is 49.4 Å². The van der Waals surface area contributed by atoms with Crippen molar-refractivity contribution in [3.63, 3.8) is 0 Å². The van der Waals surface area contributed by atoms with Gasteiger partial charge in [0, 0.05) is 53.0 Å². The fourth-order valence-corrected chi connectivity index (χ4v) is 7.21. The predicted octanol–water partition coefficient (Wildman–Crippen LogP) is 11.9. The standard InChI is InChI=1S/C42H26N2S/c1-2-12-27(13-3-1)29-23-25-40-41(33-17-7-11-21-39(33)45-40)42(29)44-37-20-10-6-16-32(37)34-26-28(22-24-38(34)44)43-35-18-8-4-14-30(35)31-15-5-9-19-36(31)43/h1-26H/i1D,2D,3D,4D,5D,6D,8D,9D,10D,12D,13D,14D,15D,16D,18D,19D,20D,22D,24D,26D. The molecule has 45 heavy (non-hydrogen) atoms. The van der Waals surface area contributed by atoms with Crippen molar-refractivity contribution in [1.29, 1.82) is 0 Å². The summed E-state index contributed by atoms with van der Waals surface area (Å²) in [5, 5.41) is -0.431. The van der Waals surface area contributed by atoms with Crippen LogP contribution in [0.15, 0.2) is 157 Å². The maximum atomic E-state index is 10.0. The van der Waals surface area contributed by atoms with Crippen LogP contribution >= 0.6 is 11.3 Å². The van der Waals surface area contributed by atoms with Crippen LogP contribution < -0.4 is 0 Å². The van der Waals surface area contributed by atoms with Gasteiger partial charge in [-0.05, 0) is 54.0 Å². The van der Waals surface area contributed by atoms with E-state index in [9.17, 15) is 6.85 Å². The first-order valence-electron chi connectivity index (χ1n) is 23.7. The van der Waals surface area contributed by atoms with Crippen LogP contribution in [0.4, 0.5) is 0 Å². The number of hydrogen-bond donors (Lipinski definition) is 0. The molecule has 0 saturated carbocycles. The molecule has 0 amide bonds. The van der Waals surface area contributed by atoms with Gasteiger partial charge in [0.05, 0.1) is 55.2 Å². The second-order valence-electron chi connectivity index (χ2n) is 10.2. The molecule has 0 aliphatic rings. The van der Waals surface area contributed by atoms with Gasteiger partial charge >= 0.3 is 0 Å². The van der Waals surface area contributed by atoms with E-state index in [4.69, 9.17) is 20.6 Å². The van der Waals surface area contributed by atoms with Crippen LogP contribution in [0.5, 0.6) is 0 Å². The molecule has 3 heterocycles. The summed E-state index contributed by atoms with van der Waals surface area (Å²) in [7, 11) is 0. The maximum Gasteiger partial charge on any atom is 0.0652 e. The molecule has 0 bridgehead atoms. The number of hydrogen-bond acceptors (Lipinski definition) is 1. The first kappa shape index (κ1) is 12.4. The second-order valence-corrected chi connectivity index (χ2v) is 11.3. The highest BCUT2D eigenvalue weighted by Crippen LogP contribution is 2.45. The smallest absolute Gasteiger partial charge is 0.0652 e. The summed E-state index contributed by atoms with van der Waals surface area (Å²) < 4.78 is 183. The largest absolute Gasteiger partial charge is 0.309 e. The van der Waals surface area contributed by atoms with Crippen molar-refractivity contribution in [1.82, 2.24) is 9.13 Å². The lowest BCUT2D eigenvalue weighted by Gasteiger charge is -2.16. The van der Waals surface area contributed by atoms with Crippen molar-refractivity contribution < 1.29 is 27.4 Å². The normalized spacial score (nSPS) is 18.2. The van der Waals surface area contributed by atoms with Gasteiger partial charge in [-0.25, -0.2) is 0 Å². The minimum Gasteiger partial charge on any atom is -0.309 e. The van der Waals surface area contributed by atoms with Crippen LogP contribution in [0, 0.1) is 0 Å². The second kappa shape index (κ2) is 9.43. The van der Waals surface area contributed by atoms with Crippen molar-refractivity contribution in [2.24, 2.45) is 0 Å². The number of para-hydroxylation sites is 3. The summed E-state index contributed by atoms with van der Waals surface area (Å²) >= 11 is 1.33. The highest BCUT2D eigenvalue weighted by atomic mass is 32.1. The van der Waals surface area contributed by atoms with Gasteiger partial charge in [-0.15, -0.1) is 11.3 Å². The Balaban J connectivity index is 1.52. The molecular weight excluding hydrogens is 565 g/mol. The third kappa shape index (κ3) is 3.50. The molecule has 0 unspecified atom stereocenters. The van der Waals surface area contributed by atoms with Crippen LogP contribution in [0.25, 0.3) is 86.3 Å². The third-order valence-corrected chi connectivity index (χ3v) is 9.05. The lowest BCUT2D eigenvalue weighted by molar-refractivity contribution is 1.17. The molecule has 0 atom stereocenters. The zero-order valence-corrected chi connectivity index (χ0v) is 23.6. The average Bonchev–Trinajstić information content (AvgIpc) is 3.97. The number of thiophene rings is 1. The Morgan fingerprint density at radius 1 is 0.467 bits per heavy atom. The molecule has 210 valence electrons. The molecule has 0 saturated heterocycles. The topological polar surface area (TPSA) is 9.86 Å². The zero-order chi connectivity index (χ0) is 46.9. The number of fused-ring (bicyclic) bond motifs is 9. The highest BCUT2D eigenvalue weighted by Gasteiger charge is 2.21. The number of rotatable bonds is 3. The van der Waals surface area contributed by atoms with Crippen molar-refractivity contribution in [2.45, 2.75) is 0 Å². The Morgan fingerprint density at radius 2 is 1.07 bits per heavy atom. The lowest BCUT2D eigenvalue weighted by atomic mass is 9.99. The summed E-state index contributed by atoms with van der Waals surface area (Å²) in [6.45, 7) is 0. The summed E-state index contributed by atoms with van der Waals surface area (Å²) in [6, 6.07) is -3.79. The summed E-state index contributed by atoms with van der Waals surface area (Å²) in [4.78, 5) is 0. The fraction of sp³-hybridized carbons (Fsp3) is 0. The van der Waals surface area contributed by atoms with E-state index in [0.29, 0.717) is 15.5 Å². The van der Waals surface area contributed by atoms with Gasteiger partial charge in [0.1, 0.15) is 0 Å². The molecule has 3 aromatic heterocycles. The van der Waals surface area contributed by atoms with Crippen molar-refractivity contribution in [3.05, 3.63) is 157 Å².